The number of nitrogens with zero attached hydrogens (tertiary/aromatic N) is 1. The van der Waals surface area contributed by atoms with E-state index in [1.165, 1.54) is 0 Å². The van der Waals surface area contributed by atoms with Crippen molar-refractivity contribution < 1.29 is 28.7 Å². The molecule has 0 heterocycles. The van der Waals surface area contributed by atoms with E-state index in [1.807, 2.05) is 62.4 Å². The summed E-state index contributed by atoms with van der Waals surface area (Å²) in [6.07, 6.45) is 0.962. The lowest BCUT2D eigenvalue weighted by Crippen LogP contribution is -2.53. The van der Waals surface area contributed by atoms with Crippen molar-refractivity contribution in [3.8, 4) is 0 Å². The van der Waals surface area contributed by atoms with Gasteiger partial charge in [0.05, 0.1) is 0 Å². The molecule has 1 fully saturated rings. The van der Waals surface area contributed by atoms with E-state index in [-0.39, 0.29) is 19.0 Å². The molecule has 0 aromatic heterocycles. The Balaban J connectivity index is 1.96. The maximum absolute atomic E-state index is 14.3. The maximum atomic E-state index is 14.3. The SMILES string of the molecule is Cc1cccc(C(C(=O)NC(Cc2ccccc2)C(=O)OC(C)(C)C)N(C(=O)CNC(=O)OC(C)(C)C)C2CC2)c1C. The van der Waals surface area contributed by atoms with E-state index in [4.69, 9.17) is 9.47 Å². The first kappa shape index (κ1) is 32.6. The lowest BCUT2D eigenvalue weighted by Gasteiger charge is -2.34. The van der Waals surface area contributed by atoms with E-state index in [0.717, 1.165) is 29.5 Å². The second-order valence-electron chi connectivity index (χ2n) is 12.9. The fourth-order valence-corrected chi connectivity index (χ4v) is 4.62. The van der Waals surface area contributed by atoms with E-state index in [2.05, 4.69) is 10.6 Å². The van der Waals surface area contributed by atoms with Crippen LogP contribution < -0.4 is 10.6 Å². The first-order chi connectivity index (χ1) is 19.6. The maximum Gasteiger partial charge on any atom is 0.408 e. The first-order valence-electron chi connectivity index (χ1n) is 14.5. The van der Waals surface area contributed by atoms with Gasteiger partial charge >= 0.3 is 12.1 Å². The molecule has 0 bridgehead atoms. The molecule has 0 spiro atoms. The zero-order chi connectivity index (χ0) is 31.2. The summed E-state index contributed by atoms with van der Waals surface area (Å²) in [5.74, 6) is -1.47. The number of esters is 1. The van der Waals surface area contributed by atoms with E-state index < -0.39 is 47.2 Å². The van der Waals surface area contributed by atoms with Crippen LogP contribution in [0.2, 0.25) is 0 Å². The number of benzene rings is 2. The number of amides is 3. The second kappa shape index (κ2) is 13.4. The van der Waals surface area contributed by atoms with Crippen LogP contribution in [-0.2, 0) is 30.3 Å². The number of alkyl carbamates (subject to hydrolysis) is 1. The number of rotatable bonds is 10. The van der Waals surface area contributed by atoms with Gasteiger partial charge in [-0.2, -0.15) is 0 Å². The molecule has 9 heteroatoms. The Morgan fingerprint density at radius 2 is 1.50 bits per heavy atom. The number of ether oxygens (including phenoxy) is 2. The normalized spacial score (nSPS) is 14.8. The zero-order valence-corrected chi connectivity index (χ0v) is 26.1. The molecule has 3 amide bonds. The van der Waals surface area contributed by atoms with E-state index >= 15 is 0 Å². The number of carbonyl (C=O) groups is 4. The Hall–Kier alpha value is -3.88. The van der Waals surface area contributed by atoms with Gasteiger partial charge in [-0.15, -0.1) is 0 Å². The molecule has 0 saturated heterocycles. The van der Waals surface area contributed by atoms with Gasteiger partial charge in [0.15, 0.2) is 0 Å². The lowest BCUT2D eigenvalue weighted by atomic mass is 9.94. The number of carbonyl (C=O) groups excluding carboxylic acids is 4. The first-order valence-corrected chi connectivity index (χ1v) is 14.5. The Bertz CT molecular complexity index is 1270. The van der Waals surface area contributed by atoms with Gasteiger partial charge in [0, 0.05) is 12.5 Å². The number of aryl methyl sites for hydroxylation is 1. The van der Waals surface area contributed by atoms with Crippen molar-refractivity contribution in [2.45, 2.75) is 104 Å². The molecule has 0 radical (unpaired) electrons. The van der Waals surface area contributed by atoms with Crippen LogP contribution in [0.5, 0.6) is 0 Å². The average Bonchev–Trinajstić information content (AvgIpc) is 3.71. The standard InChI is InChI=1S/C33H45N3O6/c1-21-13-12-16-25(22(21)2)28(36(24-17-18-24)27(37)20-34-31(40)42-33(6,7)8)29(38)35-26(30(39)41-32(3,4)5)19-23-14-10-9-11-15-23/h9-16,24,26,28H,17-20H2,1-8H3,(H,34,40)(H,35,38). The van der Waals surface area contributed by atoms with Crippen LogP contribution in [0.1, 0.15) is 82.7 Å². The van der Waals surface area contributed by atoms with Gasteiger partial charge in [-0.1, -0.05) is 48.5 Å². The molecule has 2 aromatic carbocycles. The molecule has 9 nitrogen and oxygen atoms in total. The molecule has 1 saturated carbocycles. The summed E-state index contributed by atoms with van der Waals surface area (Å²) in [5, 5.41) is 5.46. The van der Waals surface area contributed by atoms with Gasteiger partial charge in [0.1, 0.15) is 29.8 Å². The highest BCUT2D eigenvalue weighted by Crippen LogP contribution is 2.36. The minimum Gasteiger partial charge on any atom is -0.458 e. The second-order valence-corrected chi connectivity index (χ2v) is 12.9. The van der Waals surface area contributed by atoms with Gasteiger partial charge in [-0.25, -0.2) is 9.59 Å². The van der Waals surface area contributed by atoms with Crippen LogP contribution in [0.3, 0.4) is 0 Å². The highest BCUT2D eigenvalue weighted by Gasteiger charge is 2.43. The van der Waals surface area contributed by atoms with Crippen molar-refractivity contribution >= 4 is 23.9 Å². The van der Waals surface area contributed by atoms with Crippen molar-refractivity contribution in [2.24, 2.45) is 0 Å². The van der Waals surface area contributed by atoms with Gasteiger partial charge in [-0.05, 0) is 90.5 Å². The highest BCUT2D eigenvalue weighted by molar-refractivity contribution is 5.93. The van der Waals surface area contributed by atoms with Crippen molar-refractivity contribution in [1.82, 2.24) is 15.5 Å². The van der Waals surface area contributed by atoms with Crippen LogP contribution in [-0.4, -0.2) is 58.6 Å². The molecule has 1 aliphatic carbocycles. The van der Waals surface area contributed by atoms with Crippen molar-refractivity contribution in [1.29, 1.82) is 0 Å². The molecule has 1 aliphatic rings. The highest BCUT2D eigenvalue weighted by atomic mass is 16.6. The quantitative estimate of drug-likeness (QED) is 0.386. The minimum atomic E-state index is -1.02. The van der Waals surface area contributed by atoms with E-state index in [1.54, 1.807) is 46.4 Å². The number of nitrogens with one attached hydrogen (secondary N) is 2. The third-order valence-electron chi connectivity index (χ3n) is 6.77. The molecule has 42 heavy (non-hydrogen) atoms. The molecule has 228 valence electrons. The van der Waals surface area contributed by atoms with Gasteiger partial charge in [0.2, 0.25) is 11.8 Å². The topological polar surface area (TPSA) is 114 Å². The largest absolute Gasteiger partial charge is 0.458 e. The van der Waals surface area contributed by atoms with Crippen LogP contribution in [0.25, 0.3) is 0 Å². The monoisotopic (exact) mass is 579 g/mol. The molecule has 2 unspecified atom stereocenters. The fourth-order valence-electron chi connectivity index (χ4n) is 4.62. The molecule has 0 aliphatic heterocycles. The van der Waals surface area contributed by atoms with Gasteiger partial charge in [-0.3, -0.25) is 9.59 Å². The van der Waals surface area contributed by atoms with Crippen molar-refractivity contribution in [2.75, 3.05) is 6.54 Å². The van der Waals surface area contributed by atoms with Gasteiger partial charge in [0.25, 0.3) is 0 Å². The Kier molecular flexibility index (Phi) is 10.4. The molecule has 3 rings (SSSR count). The summed E-state index contributed by atoms with van der Waals surface area (Å²) in [7, 11) is 0. The van der Waals surface area contributed by atoms with E-state index in [0.29, 0.717) is 5.56 Å². The third kappa shape index (κ3) is 9.60. The molecular weight excluding hydrogens is 534 g/mol. The summed E-state index contributed by atoms with van der Waals surface area (Å²) < 4.78 is 11.0. The molecule has 2 N–H and O–H groups in total. The van der Waals surface area contributed by atoms with E-state index in [9.17, 15) is 19.2 Å². The predicted molar refractivity (Wildman–Crippen MR) is 161 cm³/mol. The lowest BCUT2D eigenvalue weighted by molar-refractivity contribution is -0.159. The van der Waals surface area contributed by atoms with Crippen LogP contribution in [0.15, 0.2) is 48.5 Å². The average molecular weight is 580 g/mol. The van der Waals surface area contributed by atoms with Crippen molar-refractivity contribution in [3.63, 3.8) is 0 Å². The summed E-state index contributed by atoms with van der Waals surface area (Å²) >= 11 is 0. The fraction of sp³-hybridized carbons (Fsp3) is 0.515. The number of hydrogen-bond donors (Lipinski definition) is 2. The zero-order valence-electron chi connectivity index (χ0n) is 26.1. The Morgan fingerprint density at radius 1 is 0.881 bits per heavy atom. The van der Waals surface area contributed by atoms with Crippen LogP contribution >= 0.6 is 0 Å². The molecule has 2 aromatic rings. The van der Waals surface area contributed by atoms with Crippen LogP contribution in [0, 0.1) is 13.8 Å². The summed E-state index contributed by atoms with van der Waals surface area (Å²) in [6.45, 7) is 14.1. The van der Waals surface area contributed by atoms with Gasteiger partial charge < -0.3 is 25.0 Å². The Morgan fingerprint density at radius 3 is 2.07 bits per heavy atom. The minimum absolute atomic E-state index is 0.178. The predicted octanol–water partition coefficient (Wildman–Crippen LogP) is 4.93. The summed E-state index contributed by atoms with van der Waals surface area (Å²) in [6, 6.07) is 12.8. The van der Waals surface area contributed by atoms with Crippen molar-refractivity contribution in [3.05, 3.63) is 70.8 Å². The molecule has 2 atom stereocenters. The summed E-state index contributed by atoms with van der Waals surface area (Å²) in [5.41, 5.74) is 1.87. The smallest absolute Gasteiger partial charge is 0.408 e. The third-order valence-corrected chi connectivity index (χ3v) is 6.77. The number of hydrogen-bond acceptors (Lipinski definition) is 6. The summed E-state index contributed by atoms with van der Waals surface area (Å²) in [4.78, 5) is 55.2. The van der Waals surface area contributed by atoms with Crippen LogP contribution in [0.4, 0.5) is 4.79 Å². The molecular formula is C33H45N3O6. The Labute approximate surface area is 249 Å².